The van der Waals surface area contributed by atoms with Gasteiger partial charge in [-0.05, 0) is 43.7 Å². The molecule has 0 saturated heterocycles. The molecule has 1 N–H and O–H groups in total. The molecule has 0 aliphatic rings. The van der Waals surface area contributed by atoms with Crippen LogP contribution in [0, 0.1) is 6.92 Å². The molecule has 132 valence electrons. The summed E-state index contributed by atoms with van der Waals surface area (Å²) in [6.07, 6.45) is 1.51. The minimum absolute atomic E-state index is 0.298. The third kappa shape index (κ3) is 3.65. The molecule has 0 saturated carbocycles. The van der Waals surface area contributed by atoms with Crippen LogP contribution in [0.15, 0.2) is 58.4 Å². The normalized spacial score (nSPS) is 12.4. The van der Waals surface area contributed by atoms with Crippen LogP contribution in [0.5, 0.6) is 0 Å². The Bertz CT molecular complexity index is 1040. The van der Waals surface area contributed by atoms with Crippen LogP contribution in [0.25, 0.3) is 11.0 Å². The van der Waals surface area contributed by atoms with Crippen LogP contribution < -0.4 is 11.0 Å². The summed E-state index contributed by atoms with van der Waals surface area (Å²) < 4.78 is 1.44. The summed E-state index contributed by atoms with van der Waals surface area (Å²) in [6.45, 7) is 3.29. The smallest absolute Gasteiger partial charge is 0.273 e. The summed E-state index contributed by atoms with van der Waals surface area (Å²) in [5, 5.41) is 4.58. The van der Waals surface area contributed by atoms with Crippen molar-refractivity contribution in [1.29, 1.82) is 0 Å². The lowest BCUT2D eigenvalue weighted by molar-refractivity contribution is -0.123. The average Bonchev–Trinajstić information content (AvgIpc) is 2.64. The van der Waals surface area contributed by atoms with Gasteiger partial charge in [0.2, 0.25) is 0 Å². The highest BCUT2D eigenvalue weighted by Crippen LogP contribution is 2.15. The molecule has 0 bridgehead atoms. The second kappa shape index (κ2) is 7.49. The maximum Gasteiger partial charge on any atom is 0.273 e. The van der Waals surface area contributed by atoms with Gasteiger partial charge < -0.3 is 0 Å². The molecule has 1 atom stereocenters. The van der Waals surface area contributed by atoms with E-state index >= 15 is 0 Å². The Hall–Kier alpha value is -2.99. The summed E-state index contributed by atoms with van der Waals surface area (Å²) in [4.78, 5) is 29.3. The number of hydrogen-bond donors (Lipinski definition) is 1. The zero-order chi connectivity index (χ0) is 18.7. The highest BCUT2D eigenvalue weighted by molar-refractivity contribution is 6.30. The quantitative estimate of drug-likeness (QED) is 0.568. The molecule has 1 unspecified atom stereocenters. The number of carbonyl (C=O) groups is 1. The monoisotopic (exact) mass is 368 g/mol. The predicted octanol–water partition coefficient (Wildman–Crippen LogP) is 3.07. The number of hydrogen-bond acceptors (Lipinski definition) is 4. The fourth-order valence-corrected chi connectivity index (χ4v) is 2.72. The van der Waals surface area contributed by atoms with Crippen molar-refractivity contribution in [2.24, 2.45) is 5.10 Å². The fraction of sp³-hybridized carbons (Fsp3) is 0.158. The van der Waals surface area contributed by atoms with E-state index in [1.807, 2.05) is 12.1 Å². The predicted molar refractivity (Wildman–Crippen MR) is 103 cm³/mol. The topological polar surface area (TPSA) is 76.3 Å². The summed E-state index contributed by atoms with van der Waals surface area (Å²) in [7, 11) is 0. The number of fused-ring (bicyclic) bond motifs is 1. The van der Waals surface area contributed by atoms with Gasteiger partial charge in [0.25, 0.3) is 11.5 Å². The molecule has 1 heterocycles. The maximum absolute atomic E-state index is 12.5. The molecule has 0 aliphatic heterocycles. The molecule has 2 aromatic carbocycles. The third-order valence-electron chi connectivity index (χ3n) is 3.98. The Kier molecular flexibility index (Phi) is 5.14. The number of benzene rings is 2. The Balaban J connectivity index is 1.85. The Morgan fingerprint density at radius 3 is 2.65 bits per heavy atom. The minimum Gasteiger partial charge on any atom is -0.293 e. The number of para-hydroxylation sites is 2. The second-order valence-corrected chi connectivity index (χ2v) is 6.26. The molecule has 0 radical (unpaired) electrons. The first kappa shape index (κ1) is 17.8. The van der Waals surface area contributed by atoms with E-state index in [0.717, 1.165) is 5.56 Å². The fourth-order valence-electron chi connectivity index (χ4n) is 2.59. The van der Waals surface area contributed by atoms with Crippen molar-refractivity contribution >= 4 is 34.8 Å². The molecular formula is C19H17ClN4O2. The van der Waals surface area contributed by atoms with E-state index in [1.165, 1.54) is 10.8 Å². The van der Waals surface area contributed by atoms with E-state index in [2.05, 4.69) is 15.5 Å². The number of rotatable bonds is 4. The van der Waals surface area contributed by atoms with Gasteiger partial charge in [-0.2, -0.15) is 5.10 Å². The van der Waals surface area contributed by atoms with Crippen molar-refractivity contribution < 1.29 is 4.79 Å². The Morgan fingerprint density at radius 2 is 1.92 bits per heavy atom. The SMILES string of the molecule is Cc1nc2ccccc2n(C(C)C(=O)NN=Cc2ccc(Cl)cc2)c1=O. The van der Waals surface area contributed by atoms with Crippen molar-refractivity contribution in [3.8, 4) is 0 Å². The molecule has 1 aromatic heterocycles. The first-order valence-corrected chi connectivity index (χ1v) is 8.41. The molecule has 0 aliphatic carbocycles. The summed E-state index contributed by atoms with van der Waals surface area (Å²) in [6, 6.07) is 13.5. The number of amides is 1. The van der Waals surface area contributed by atoms with Crippen LogP contribution >= 0.6 is 11.6 Å². The van der Waals surface area contributed by atoms with Gasteiger partial charge in [0.15, 0.2) is 0 Å². The molecule has 7 heteroatoms. The standard InChI is InChI=1S/C19H17ClN4O2/c1-12-19(26)24(17-6-4-3-5-16(17)22-12)13(2)18(25)23-21-11-14-7-9-15(20)10-8-14/h3-11,13H,1-2H3,(H,23,25). The molecule has 0 fully saturated rings. The Labute approximate surface area is 155 Å². The van der Waals surface area contributed by atoms with Gasteiger partial charge in [-0.15, -0.1) is 0 Å². The maximum atomic E-state index is 12.5. The van der Waals surface area contributed by atoms with Gasteiger partial charge in [-0.25, -0.2) is 10.4 Å². The molecule has 0 spiro atoms. The van der Waals surface area contributed by atoms with E-state index < -0.39 is 11.9 Å². The van der Waals surface area contributed by atoms with Gasteiger partial charge in [0.1, 0.15) is 11.7 Å². The van der Waals surface area contributed by atoms with Crippen molar-refractivity contribution in [2.75, 3.05) is 0 Å². The van der Waals surface area contributed by atoms with Gasteiger partial charge in [0.05, 0.1) is 17.2 Å². The van der Waals surface area contributed by atoms with Crippen LogP contribution in [0.2, 0.25) is 5.02 Å². The number of carbonyl (C=O) groups excluding carboxylic acids is 1. The highest BCUT2D eigenvalue weighted by atomic mass is 35.5. The Morgan fingerprint density at radius 1 is 1.23 bits per heavy atom. The van der Waals surface area contributed by atoms with E-state index in [-0.39, 0.29) is 5.56 Å². The lowest BCUT2D eigenvalue weighted by Crippen LogP contribution is -2.35. The zero-order valence-corrected chi connectivity index (χ0v) is 15.1. The van der Waals surface area contributed by atoms with Crippen LogP contribution in [0.1, 0.15) is 24.2 Å². The van der Waals surface area contributed by atoms with Gasteiger partial charge in [-0.3, -0.25) is 14.2 Å². The lowest BCUT2D eigenvalue weighted by atomic mass is 10.2. The van der Waals surface area contributed by atoms with Crippen LogP contribution in [-0.2, 0) is 4.79 Å². The van der Waals surface area contributed by atoms with E-state index in [4.69, 9.17) is 11.6 Å². The third-order valence-corrected chi connectivity index (χ3v) is 4.23. The summed E-state index contributed by atoms with van der Waals surface area (Å²) in [5.41, 5.74) is 4.58. The molecule has 3 aromatic rings. The second-order valence-electron chi connectivity index (χ2n) is 5.82. The minimum atomic E-state index is -0.739. The van der Waals surface area contributed by atoms with Crippen molar-refractivity contribution in [3.63, 3.8) is 0 Å². The van der Waals surface area contributed by atoms with Crippen molar-refractivity contribution in [2.45, 2.75) is 19.9 Å². The summed E-state index contributed by atoms with van der Waals surface area (Å²) in [5.74, 6) is -0.395. The first-order valence-electron chi connectivity index (χ1n) is 8.04. The average molecular weight is 369 g/mol. The molecular weight excluding hydrogens is 352 g/mol. The largest absolute Gasteiger partial charge is 0.293 e. The van der Waals surface area contributed by atoms with Gasteiger partial charge in [0, 0.05) is 5.02 Å². The van der Waals surface area contributed by atoms with Gasteiger partial charge >= 0.3 is 0 Å². The van der Waals surface area contributed by atoms with Crippen molar-refractivity contribution in [1.82, 2.24) is 15.0 Å². The van der Waals surface area contributed by atoms with E-state index in [9.17, 15) is 9.59 Å². The number of halogens is 1. The number of nitrogens with one attached hydrogen (secondary N) is 1. The molecule has 3 rings (SSSR count). The lowest BCUT2D eigenvalue weighted by Gasteiger charge is -2.16. The molecule has 1 amide bonds. The van der Waals surface area contributed by atoms with E-state index in [1.54, 1.807) is 50.2 Å². The summed E-state index contributed by atoms with van der Waals surface area (Å²) >= 11 is 5.83. The number of hydrazone groups is 1. The van der Waals surface area contributed by atoms with Crippen LogP contribution in [-0.4, -0.2) is 21.7 Å². The number of aryl methyl sites for hydroxylation is 1. The zero-order valence-electron chi connectivity index (χ0n) is 14.3. The van der Waals surface area contributed by atoms with Crippen LogP contribution in [0.4, 0.5) is 0 Å². The molecule has 6 nitrogen and oxygen atoms in total. The number of nitrogens with zero attached hydrogens (tertiary/aromatic N) is 3. The number of aromatic nitrogens is 2. The van der Waals surface area contributed by atoms with Gasteiger partial charge in [-0.1, -0.05) is 35.9 Å². The van der Waals surface area contributed by atoms with Crippen LogP contribution in [0.3, 0.4) is 0 Å². The van der Waals surface area contributed by atoms with Crippen molar-refractivity contribution in [3.05, 3.63) is 75.2 Å². The highest BCUT2D eigenvalue weighted by Gasteiger charge is 2.19. The van der Waals surface area contributed by atoms with E-state index in [0.29, 0.717) is 21.7 Å². The molecule has 26 heavy (non-hydrogen) atoms. The first-order chi connectivity index (χ1) is 12.5.